The van der Waals surface area contributed by atoms with Gasteiger partial charge in [-0.25, -0.2) is 0 Å². The highest BCUT2D eigenvalue weighted by atomic mass is 16.5. The van der Waals surface area contributed by atoms with Crippen LogP contribution >= 0.6 is 0 Å². The molecule has 2 heteroatoms. The fourth-order valence-electron chi connectivity index (χ4n) is 2.50. The molecule has 0 amide bonds. The lowest BCUT2D eigenvalue weighted by Crippen LogP contribution is -2.25. The lowest BCUT2D eigenvalue weighted by atomic mass is 9.97. The first-order valence-electron chi connectivity index (χ1n) is 7.56. The van der Waals surface area contributed by atoms with Crippen molar-refractivity contribution in [3.8, 4) is 0 Å². The molecule has 0 unspecified atom stereocenters. The Morgan fingerprint density at radius 3 is 2.56 bits per heavy atom. The third kappa shape index (κ3) is 5.81. The SMILES string of the molecule is CCCCCCCCC[C@@H]1OC[C@H](C)C=C1C=O. The molecule has 0 fully saturated rings. The first-order chi connectivity index (χ1) is 8.77. The second-order valence-corrected chi connectivity index (χ2v) is 5.49. The summed E-state index contributed by atoms with van der Waals surface area (Å²) in [6, 6.07) is 0. The van der Waals surface area contributed by atoms with Crippen LogP contribution in [0.25, 0.3) is 0 Å². The highest BCUT2D eigenvalue weighted by Gasteiger charge is 2.20. The lowest BCUT2D eigenvalue weighted by Gasteiger charge is -2.25. The number of carbonyl (C=O) groups excluding carboxylic acids is 1. The molecular weight excluding hydrogens is 224 g/mol. The molecule has 1 aliphatic heterocycles. The maximum Gasteiger partial charge on any atom is 0.148 e. The molecule has 0 aromatic rings. The standard InChI is InChI=1S/C16H28O2/c1-3-4-5-6-7-8-9-10-16-15(12-17)11-14(2)13-18-16/h11-12,14,16H,3-10,13H2,1-2H3/t14-,16+/m1/s1. The monoisotopic (exact) mass is 252 g/mol. The first-order valence-corrected chi connectivity index (χ1v) is 7.56. The van der Waals surface area contributed by atoms with Gasteiger partial charge < -0.3 is 4.74 Å². The molecule has 0 radical (unpaired) electrons. The topological polar surface area (TPSA) is 26.3 Å². The number of unbranched alkanes of at least 4 members (excludes halogenated alkanes) is 6. The minimum atomic E-state index is 0.0642. The van der Waals surface area contributed by atoms with Gasteiger partial charge in [0, 0.05) is 5.57 Å². The summed E-state index contributed by atoms with van der Waals surface area (Å²) in [7, 11) is 0. The molecule has 104 valence electrons. The van der Waals surface area contributed by atoms with E-state index in [0.717, 1.165) is 24.9 Å². The number of hydrogen-bond acceptors (Lipinski definition) is 2. The predicted molar refractivity (Wildman–Crippen MR) is 75.7 cm³/mol. The van der Waals surface area contributed by atoms with E-state index in [2.05, 4.69) is 19.9 Å². The van der Waals surface area contributed by atoms with Gasteiger partial charge in [0.25, 0.3) is 0 Å². The van der Waals surface area contributed by atoms with Crippen molar-refractivity contribution < 1.29 is 9.53 Å². The van der Waals surface area contributed by atoms with Crippen molar-refractivity contribution in [2.75, 3.05) is 6.61 Å². The van der Waals surface area contributed by atoms with Gasteiger partial charge >= 0.3 is 0 Å². The second-order valence-electron chi connectivity index (χ2n) is 5.49. The van der Waals surface area contributed by atoms with Crippen molar-refractivity contribution in [1.82, 2.24) is 0 Å². The molecule has 2 nitrogen and oxygen atoms in total. The van der Waals surface area contributed by atoms with Gasteiger partial charge in [0.1, 0.15) is 6.29 Å². The molecule has 0 spiro atoms. The van der Waals surface area contributed by atoms with E-state index in [1.54, 1.807) is 0 Å². The van der Waals surface area contributed by atoms with E-state index in [1.165, 1.54) is 44.9 Å². The number of rotatable bonds is 9. The van der Waals surface area contributed by atoms with Crippen LogP contribution in [-0.2, 0) is 9.53 Å². The van der Waals surface area contributed by atoms with Gasteiger partial charge in [0.05, 0.1) is 12.7 Å². The van der Waals surface area contributed by atoms with Crippen LogP contribution in [0, 0.1) is 5.92 Å². The zero-order valence-corrected chi connectivity index (χ0v) is 12.0. The van der Waals surface area contributed by atoms with Crippen LogP contribution in [0.2, 0.25) is 0 Å². The second kappa shape index (κ2) is 9.32. The van der Waals surface area contributed by atoms with E-state index in [1.807, 2.05) is 0 Å². The Morgan fingerprint density at radius 1 is 1.22 bits per heavy atom. The number of hydrogen-bond donors (Lipinski definition) is 0. The van der Waals surface area contributed by atoms with E-state index in [4.69, 9.17) is 4.74 Å². The molecule has 1 heterocycles. The smallest absolute Gasteiger partial charge is 0.148 e. The molecule has 2 atom stereocenters. The largest absolute Gasteiger partial charge is 0.373 e. The Kier molecular flexibility index (Phi) is 7.99. The number of carbonyl (C=O) groups is 1. The van der Waals surface area contributed by atoms with Crippen LogP contribution in [0.4, 0.5) is 0 Å². The highest BCUT2D eigenvalue weighted by molar-refractivity contribution is 5.75. The minimum Gasteiger partial charge on any atom is -0.373 e. The summed E-state index contributed by atoms with van der Waals surface area (Å²) in [5, 5.41) is 0. The zero-order chi connectivity index (χ0) is 13.2. The Balaban J connectivity index is 2.11. The van der Waals surface area contributed by atoms with E-state index >= 15 is 0 Å². The van der Waals surface area contributed by atoms with Gasteiger partial charge in [-0.15, -0.1) is 0 Å². The molecule has 0 saturated heterocycles. The van der Waals surface area contributed by atoms with Crippen LogP contribution in [0.15, 0.2) is 11.6 Å². The molecule has 0 N–H and O–H groups in total. The van der Waals surface area contributed by atoms with E-state index in [0.29, 0.717) is 5.92 Å². The van der Waals surface area contributed by atoms with Crippen molar-refractivity contribution in [3.05, 3.63) is 11.6 Å². The molecule has 18 heavy (non-hydrogen) atoms. The van der Waals surface area contributed by atoms with Crippen LogP contribution in [-0.4, -0.2) is 19.0 Å². The van der Waals surface area contributed by atoms with Crippen molar-refractivity contribution in [3.63, 3.8) is 0 Å². The number of aldehydes is 1. The van der Waals surface area contributed by atoms with Crippen molar-refractivity contribution >= 4 is 6.29 Å². The summed E-state index contributed by atoms with van der Waals surface area (Å²) in [6.07, 6.45) is 13.3. The predicted octanol–water partition coefficient (Wildman–Crippen LogP) is 4.29. The van der Waals surface area contributed by atoms with Gasteiger partial charge in [0.15, 0.2) is 0 Å². The summed E-state index contributed by atoms with van der Waals surface area (Å²) in [4.78, 5) is 11.0. The van der Waals surface area contributed by atoms with Crippen LogP contribution in [0.3, 0.4) is 0 Å². The Labute approximate surface area is 112 Å². The van der Waals surface area contributed by atoms with E-state index in [9.17, 15) is 4.79 Å². The zero-order valence-electron chi connectivity index (χ0n) is 12.0. The molecule has 0 saturated carbocycles. The maximum absolute atomic E-state index is 11.0. The maximum atomic E-state index is 11.0. The lowest BCUT2D eigenvalue weighted by molar-refractivity contribution is -0.106. The summed E-state index contributed by atoms with van der Waals surface area (Å²) in [5.74, 6) is 0.385. The normalized spacial score (nSPS) is 23.8. The fraction of sp³-hybridized carbons (Fsp3) is 0.812. The number of ether oxygens (including phenoxy) is 1. The molecule has 0 aromatic carbocycles. The first kappa shape index (κ1) is 15.4. The van der Waals surface area contributed by atoms with E-state index < -0.39 is 0 Å². The van der Waals surface area contributed by atoms with Gasteiger partial charge in [-0.05, 0) is 12.3 Å². The van der Waals surface area contributed by atoms with Gasteiger partial charge in [0.2, 0.25) is 0 Å². The van der Waals surface area contributed by atoms with Gasteiger partial charge in [-0.1, -0.05) is 64.9 Å². The minimum absolute atomic E-state index is 0.0642. The van der Waals surface area contributed by atoms with Crippen LogP contribution < -0.4 is 0 Å². The molecule has 1 aliphatic rings. The molecule has 0 aromatic heterocycles. The molecular formula is C16H28O2. The third-order valence-corrected chi connectivity index (χ3v) is 3.62. The average Bonchev–Trinajstić information content (AvgIpc) is 2.39. The quantitative estimate of drug-likeness (QED) is 0.452. The van der Waals surface area contributed by atoms with Crippen molar-refractivity contribution in [2.45, 2.75) is 71.3 Å². The Bertz CT molecular complexity index is 258. The molecule has 0 bridgehead atoms. The molecule has 1 rings (SSSR count). The van der Waals surface area contributed by atoms with Crippen LogP contribution in [0.1, 0.15) is 65.2 Å². The summed E-state index contributed by atoms with van der Waals surface area (Å²) in [5.41, 5.74) is 0.861. The summed E-state index contributed by atoms with van der Waals surface area (Å²) >= 11 is 0. The van der Waals surface area contributed by atoms with Crippen molar-refractivity contribution in [1.29, 1.82) is 0 Å². The van der Waals surface area contributed by atoms with Crippen LogP contribution in [0.5, 0.6) is 0 Å². The average molecular weight is 252 g/mol. The highest BCUT2D eigenvalue weighted by Crippen LogP contribution is 2.21. The third-order valence-electron chi connectivity index (χ3n) is 3.62. The molecule has 0 aliphatic carbocycles. The Hall–Kier alpha value is -0.630. The summed E-state index contributed by atoms with van der Waals surface area (Å²) in [6.45, 7) is 5.10. The Morgan fingerprint density at radius 2 is 1.89 bits per heavy atom. The van der Waals surface area contributed by atoms with Gasteiger partial charge in [-0.3, -0.25) is 4.79 Å². The fourth-order valence-corrected chi connectivity index (χ4v) is 2.50. The van der Waals surface area contributed by atoms with E-state index in [-0.39, 0.29) is 6.10 Å². The van der Waals surface area contributed by atoms with Crippen molar-refractivity contribution in [2.24, 2.45) is 5.92 Å². The summed E-state index contributed by atoms with van der Waals surface area (Å²) < 4.78 is 5.74. The van der Waals surface area contributed by atoms with Gasteiger partial charge in [-0.2, -0.15) is 0 Å².